The van der Waals surface area contributed by atoms with Crippen LogP contribution in [0.5, 0.6) is 0 Å². The third kappa shape index (κ3) is 3.14. The van der Waals surface area contributed by atoms with Gasteiger partial charge in [0, 0.05) is 20.5 Å². The molecule has 1 fully saturated rings. The predicted molar refractivity (Wildman–Crippen MR) is 49.4 cm³/mol. The van der Waals surface area contributed by atoms with E-state index >= 15 is 0 Å². The summed E-state index contributed by atoms with van der Waals surface area (Å²) in [7, 11) is 3.46. The molecule has 0 spiro atoms. The van der Waals surface area contributed by atoms with E-state index in [-0.39, 0.29) is 11.7 Å². The van der Waals surface area contributed by atoms with Crippen LogP contribution in [0, 0.1) is 0 Å². The number of ketones is 1. The highest BCUT2D eigenvalue weighted by Gasteiger charge is 2.19. The molecule has 1 amide bonds. The van der Waals surface area contributed by atoms with Crippen LogP contribution in [0.15, 0.2) is 0 Å². The molecule has 1 saturated heterocycles. The second-order valence-electron chi connectivity index (χ2n) is 3.64. The largest absolute Gasteiger partial charge is 0.348 e. The van der Waals surface area contributed by atoms with Crippen LogP contribution in [0.1, 0.15) is 12.8 Å². The highest BCUT2D eigenvalue weighted by Crippen LogP contribution is 2.05. The molecule has 0 bridgehead atoms. The van der Waals surface area contributed by atoms with Crippen molar-refractivity contribution in [3.05, 3.63) is 0 Å². The number of carbonyl (C=O) groups excluding carboxylic acids is 2. The van der Waals surface area contributed by atoms with Gasteiger partial charge in [0.25, 0.3) is 0 Å². The van der Waals surface area contributed by atoms with Gasteiger partial charge in [-0.15, -0.1) is 0 Å². The van der Waals surface area contributed by atoms with Crippen LogP contribution < -0.4 is 0 Å². The Hall–Kier alpha value is -0.900. The molecule has 1 heterocycles. The van der Waals surface area contributed by atoms with E-state index in [2.05, 4.69) is 0 Å². The molecule has 74 valence electrons. The number of rotatable bonds is 2. The third-order valence-electron chi connectivity index (χ3n) is 2.19. The van der Waals surface area contributed by atoms with E-state index < -0.39 is 0 Å². The van der Waals surface area contributed by atoms with E-state index in [1.807, 2.05) is 4.90 Å². The Morgan fingerprint density at radius 3 is 2.77 bits per heavy atom. The van der Waals surface area contributed by atoms with Crippen molar-refractivity contribution in [1.82, 2.24) is 9.80 Å². The predicted octanol–water partition coefficient (Wildman–Crippen LogP) is -0.261. The van der Waals surface area contributed by atoms with Crippen molar-refractivity contribution >= 4 is 11.7 Å². The van der Waals surface area contributed by atoms with Gasteiger partial charge in [0.05, 0.1) is 13.1 Å². The first-order valence-corrected chi connectivity index (χ1v) is 4.54. The maximum absolute atomic E-state index is 11.3. The van der Waals surface area contributed by atoms with Gasteiger partial charge in [-0.25, -0.2) is 0 Å². The molecule has 0 N–H and O–H groups in total. The zero-order valence-electron chi connectivity index (χ0n) is 8.25. The monoisotopic (exact) mass is 184 g/mol. The zero-order valence-corrected chi connectivity index (χ0v) is 8.25. The second-order valence-corrected chi connectivity index (χ2v) is 3.64. The van der Waals surface area contributed by atoms with E-state index in [4.69, 9.17) is 0 Å². The Balaban J connectivity index is 2.36. The fraction of sp³-hybridized carbons (Fsp3) is 0.778. The first-order valence-electron chi connectivity index (χ1n) is 4.54. The molecule has 1 aliphatic rings. The van der Waals surface area contributed by atoms with Crippen LogP contribution >= 0.6 is 0 Å². The molecule has 1 rings (SSSR count). The van der Waals surface area contributed by atoms with Crippen molar-refractivity contribution in [3.63, 3.8) is 0 Å². The average Bonchev–Trinajstić information content (AvgIpc) is 2.04. The van der Waals surface area contributed by atoms with Crippen LogP contribution in [0.4, 0.5) is 0 Å². The van der Waals surface area contributed by atoms with Gasteiger partial charge in [0.15, 0.2) is 0 Å². The van der Waals surface area contributed by atoms with E-state index in [1.165, 1.54) is 0 Å². The number of nitrogens with zero attached hydrogens (tertiary/aromatic N) is 2. The molecule has 0 unspecified atom stereocenters. The van der Waals surface area contributed by atoms with Crippen molar-refractivity contribution in [2.24, 2.45) is 0 Å². The lowest BCUT2D eigenvalue weighted by atomic mass is 10.1. The van der Waals surface area contributed by atoms with E-state index in [1.54, 1.807) is 19.0 Å². The third-order valence-corrected chi connectivity index (χ3v) is 2.19. The Labute approximate surface area is 78.5 Å². The fourth-order valence-electron chi connectivity index (χ4n) is 1.38. The molecule has 0 saturated carbocycles. The van der Waals surface area contributed by atoms with Gasteiger partial charge in [-0.2, -0.15) is 0 Å². The lowest BCUT2D eigenvalue weighted by Crippen LogP contribution is -2.42. The van der Waals surface area contributed by atoms with E-state index in [9.17, 15) is 9.59 Å². The summed E-state index contributed by atoms with van der Waals surface area (Å²) in [6.45, 7) is 1.68. The van der Waals surface area contributed by atoms with Crippen molar-refractivity contribution < 1.29 is 9.59 Å². The second kappa shape index (κ2) is 4.37. The lowest BCUT2D eigenvalue weighted by Gasteiger charge is -2.25. The minimum atomic E-state index is 0.0645. The number of piperidine rings is 1. The van der Waals surface area contributed by atoms with Crippen LogP contribution in [0.25, 0.3) is 0 Å². The van der Waals surface area contributed by atoms with Gasteiger partial charge < -0.3 is 4.90 Å². The molecular formula is C9H16N2O2. The molecular weight excluding hydrogens is 168 g/mol. The van der Waals surface area contributed by atoms with Crippen molar-refractivity contribution in [2.75, 3.05) is 33.7 Å². The molecule has 0 radical (unpaired) electrons. The number of likely N-dealkylation sites (N-methyl/N-ethyl adjacent to an activating group) is 1. The van der Waals surface area contributed by atoms with Crippen LogP contribution in [-0.2, 0) is 9.59 Å². The summed E-state index contributed by atoms with van der Waals surface area (Å²) in [6, 6.07) is 0. The Morgan fingerprint density at radius 2 is 2.23 bits per heavy atom. The molecule has 13 heavy (non-hydrogen) atoms. The minimum Gasteiger partial charge on any atom is -0.348 e. The SMILES string of the molecule is CN(C)C(=O)CN1CCCC(=O)C1. The average molecular weight is 184 g/mol. The summed E-state index contributed by atoms with van der Waals surface area (Å²) >= 11 is 0. The first-order chi connectivity index (χ1) is 6.09. The zero-order chi connectivity index (χ0) is 9.84. The molecule has 4 nitrogen and oxygen atoms in total. The van der Waals surface area contributed by atoms with Crippen LogP contribution in [0.3, 0.4) is 0 Å². The Morgan fingerprint density at radius 1 is 1.54 bits per heavy atom. The number of hydrogen-bond donors (Lipinski definition) is 0. The highest BCUT2D eigenvalue weighted by molar-refractivity contribution is 5.83. The number of hydrogen-bond acceptors (Lipinski definition) is 3. The first kappa shape index (κ1) is 10.2. The van der Waals surface area contributed by atoms with Gasteiger partial charge in [0.2, 0.25) is 5.91 Å². The van der Waals surface area contributed by atoms with Crippen LogP contribution in [0.2, 0.25) is 0 Å². The van der Waals surface area contributed by atoms with Gasteiger partial charge >= 0.3 is 0 Å². The highest BCUT2D eigenvalue weighted by atomic mass is 16.2. The standard InChI is InChI=1S/C9H16N2O2/c1-10(2)9(13)7-11-5-3-4-8(12)6-11/h3-7H2,1-2H3. The quantitative estimate of drug-likeness (QED) is 0.593. The van der Waals surface area contributed by atoms with Crippen LogP contribution in [-0.4, -0.2) is 55.2 Å². The number of Topliss-reactive ketones (excluding diaryl/α,β-unsaturated/α-hetero) is 1. The Bertz CT molecular complexity index is 214. The van der Waals surface area contributed by atoms with Gasteiger partial charge in [-0.1, -0.05) is 0 Å². The van der Waals surface area contributed by atoms with Gasteiger partial charge in [0.1, 0.15) is 5.78 Å². The lowest BCUT2D eigenvalue weighted by molar-refractivity contribution is -0.131. The number of carbonyl (C=O) groups is 2. The number of amides is 1. The Kier molecular flexibility index (Phi) is 3.42. The van der Waals surface area contributed by atoms with Gasteiger partial charge in [-0.3, -0.25) is 14.5 Å². The molecule has 0 aromatic heterocycles. The normalized spacial score (nSPS) is 18.8. The minimum absolute atomic E-state index is 0.0645. The summed E-state index contributed by atoms with van der Waals surface area (Å²) in [4.78, 5) is 25.8. The molecule has 1 aliphatic heterocycles. The maximum atomic E-state index is 11.3. The topological polar surface area (TPSA) is 40.6 Å². The summed E-state index contributed by atoms with van der Waals surface area (Å²) in [6.07, 6.45) is 1.56. The molecule has 0 atom stereocenters. The molecule has 0 aliphatic carbocycles. The maximum Gasteiger partial charge on any atom is 0.236 e. The molecule has 4 heteroatoms. The summed E-state index contributed by atoms with van der Waals surface area (Å²) in [5.74, 6) is 0.313. The van der Waals surface area contributed by atoms with Crippen molar-refractivity contribution in [2.45, 2.75) is 12.8 Å². The molecule has 0 aromatic rings. The van der Waals surface area contributed by atoms with Crippen molar-refractivity contribution in [3.8, 4) is 0 Å². The van der Waals surface area contributed by atoms with E-state index in [0.29, 0.717) is 19.5 Å². The summed E-state index contributed by atoms with van der Waals surface area (Å²) < 4.78 is 0. The van der Waals surface area contributed by atoms with E-state index in [0.717, 1.165) is 13.0 Å². The van der Waals surface area contributed by atoms with Gasteiger partial charge in [-0.05, 0) is 13.0 Å². The number of likely N-dealkylation sites (tertiary alicyclic amines) is 1. The summed E-state index contributed by atoms with van der Waals surface area (Å²) in [5.41, 5.74) is 0. The van der Waals surface area contributed by atoms with Crippen molar-refractivity contribution in [1.29, 1.82) is 0 Å². The summed E-state index contributed by atoms with van der Waals surface area (Å²) in [5, 5.41) is 0. The fourth-order valence-corrected chi connectivity index (χ4v) is 1.38. The smallest absolute Gasteiger partial charge is 0.236 e. The molecule has 0 aromatic carbocycles.